The Hall–Kier alpha value is -5.69. The fraction of sp³-hybridized carbons (Fsp3) is 0.214. The van der Waals surface area contributed by atoms with E-state index in [0.29, 0.717) is 47.9 Å². The molecule has 0 atom stereocenters. The van der Waals surface area contributed by atoms with Gasteiger partial charge in [0.15, 0.2) is 17.3 Å². The van der Waals surface area contributed by atoms with Gasteiger partial charge in [-0.25, -0.2) is 4.98 Å². The van der Waals surface area contributed by atoms with Crippen LogP contribution < -0.4 is 19.8 Å². The molecule has 0 bridgehead atoms. The molecule has 6 rings (SSSR count). The third kappa shape index (κ3) is 6.83. The van der Waals surface area contributed by atoms with Crippen LogP contribution in [-0.2, 0) is 13.0 Å². The molecule has 0 unspecified atom stereocenters. The number of aryl methyl sites for hydroxylation is 1. The van der Waals surface area contributed by atoms with Crippen LogP contribution >= 0.6 is 0 Å². The summed E-state index contributed by atoms with van der Waals surface area (Å²) in [4.78, 5) is 19.0. The van der Waals surface area contributed by atoms with Crippen molar-refractivity contribution in [1.29, 1.82) is 0 Å². The van der Waals surface area contributed by atoms with E-state index in [9.17, 15) is 4.79 Å². The standard InChI is InChI=1S/C42H41N3O4/c1-7-14-31-22-29(23-39(47-6)40(31)49-26-32-17-13-16-30-15-9-10-18-33(30)32)25-43-45-41(44-37-20-12-11-19-34(37)42(45)46)36-24-35(27(3)4)38(48-8-2)21-28(36)5/h7,9-13,15-25,27H,1,8,14,26H2,2-6H3. The highest BCUT2D eigenvalue weighted by molar-refractivity contribution is 5.86. The van der Waals surface area contributed by atoms with Crippen molar-refractivity contribution in [3.63, 3.8) is 0 Å². The van der Waals surface area contributed by atoms with Crippen molar-refractivity contribution >= 4 is 27.9 Å². The molecule has 49 heavy (non-hydrogen) atoms. The first-order chi connectivity index (χ1) is 23.8. The summed E-state index contributed by atoms with van der Waals surface area (Å²) in [5.74, 6) is 2.69. The van der Waals surface area contributed by atoms with Crippen LogP contribution in [0.3, 0.4) is 0 Å². The minimum atomic E-state index is -0.260. The highest BCUT2D eigenvalue weighted by Crippen LogP contribution is 2.36. The Morgan fingerprint density at radius 3 is 2.41 bits per heavy atom. The quantitative estimate of drug-likeness (QED) is 0.0974. The maximum Gasteiger partial charge on any atom is 0.282 e. The maximum atomic E-state index is 14.0. The lowest BCUT2D eigenvalue weighted by Crippen LogP contribution is -2.21. The Kier molecular flexibility index (Phi) is 9.90. The zero-order valence-corrected chi connectivity index (χ0v) is 28.7. The Morgan fingerprint density at radius 1 is 0.898 bits per heavy atom. The van der Waals surface area contributed by atoms with E-state index in [0.717, 1.165) is 49.9 Å². The zero-order chi connectivity index (χ0) is 34.5. The maximum absolute atomic E-state index is 14.0. The summed E-state index contributed by atoms with van der Waals surface area (Å²) in [5, 5.41) is 7.56. The van der Waals surface area contributed by atoms with Gasteiger partial charge in [0, 0.05) is 11.1 Å². The summed E-state index contributed by atoms with van der Waals surface area (Å²) in [6, 6.07) is 29.8. The second kappa shape index (κ2) is 14.6. The van der Waals surface area contributed by atoms with Crippen LogP contribution in [0.25, 0.3) is 33.1 Å². The number of aromatic nitrogens is 2. The van der Waals surface area contributed by atoms with Crippen molar-refractivity contribution in [3.05, 3.63) is 142 Å². The Labute approximate surface area is 287 Å². The van der Waals surface area contributed by atoms with Gasteiger partial charge in [0.25, 0.3) is 5.56 Å². The van der Waals surface area contributed by atoms with Crippen LogP contribution in [0.4, 0.5) is 0 Å². The topological polar surface area (TPSA) is 74.9 Å². The fourth-order valence-corrected chi connectivity index (χ4v) is 6.15. The van der Waals surface area contributed by atoms with Crippen molar-refractivity contribution in [1.82, 2.24) is 9.66 Å². The number of ether oxygens (including phenoxy) is 3. The molecule has 248 valence electrons. The first kappa shape index (κ1) is 33.2. The van der Waals surface area contributed by atoms with Gasteiger partial charge in [-0.2, -0.15) is 9.78 Å². The van der Waals surface area contributed by atoms with Gasteiger partial charge in [-0.1, -0.05) is 74.5 Å². The molecule has 0 spiro atoms. The average Bonchev–Trinajstić information content (AvgIpc) is 3.10. The first-order valence-corrected chi connectivity index (χ1v) is 16.6. The highest BCUT2D eigenvalue weighted by Gasteiger charge is 2.19. The fourth-order valence-electron chi connectivity index (χ4n) is 6.15. The van der Waals surface area contributed by atoms with Crippen LogP contribution in [0, 0.1) is 6.92 Å². The Bertz CT molecular complexity index is 2250. The van der Waals surface area contributed by atoms with E-state index in [-0.39, 0.29) is 11.5 Å². The van der Waals surface area contributed by atoms with Crippen LogP contribution in [0.15, 0.2) is 114 Å². The van der Waals surface area contributed by atoms with E-state index in [1.165, 1.54) is 4.68 Å². The van der Waals surface area contributed by atoms with Gasteiger partial charge in [0.1, 0.15) is 12.4 Å². The second-order valence-electron chi connectivity index (χ2n) is 12.2. The molecule has 0 aliphatic rings. The van der Waals surface area contributed by atoms with Gasteiger partial charge in [-0.05, 0) is 95.6 Å². The number of benzene rings is 5. The van der Waals surface area contributed by atoms with E-state index in [1.54, 1.807) is 19.4 Å². The summed E-state index contributed by atoms with van der Waals surface area (Å²) in [6.07, 6.45) is 4.05. The molecule has 0 amide bonds. The van der Waals surface area contributed by atoms with Gasteiger partial charge in [-0.15, -0.1) is 6.58 Å². The molecule has 5 aromatic carbocycles. The van der Waals surface area contributed by atoms with Crippen LogP contribution in [0.1, 0.15) is 54.5 Å². The smallest absolute Gasteiger partial charge is 0.282 e. The lowest BCUT2D eigenvalue weighted by molar-refractivity contribution is 0.283. The first-order valence-electron chi connectivity index (χ1n) is 16.6. The molecular weight excluding hydrogens is 610 g/mol. The number of fused-ring (bicyclic) bond motifs is 2. The van der Waals surface area contributed by atoms with Gasteiger partial charge >= 0.3 is 0 Å². The van der Waals surface area contributed by atoms with Crippen molar-refractivity contribution in [2.75, 3.05) is 13.7 Å². The van der Waals surface area contributed by atoms with Gasteiger partial charge in [0.05, 0.1) is 30.8 Å². The van der Waals surface area contributed by atoms with Crippen molar-refractivity contribution in [2.45, 2.75) is 46.6 Å². The molecule has 0 aliphatic carbocycles. The molecule has 0 fully saturated rings. The lowest BCUT2D eigenvalue weighted by Gasteiger charge is -2.18. The van der Waals surface area contributed by atoms with Crippen LogP contribution in [0.2, 0.25) is 0 Å². The Balaban J connectivity index is 1.44. The van der Waals surface area contributed by atoms with Crippen molar-refractivity contribution < 1.29 is 14.2 Å². The minimum Gasteiger partial charge on any atom is -0.494 e. The minimum absolute atomic E-state index is 0.196. The third-order valence-corrected chi connectivity index (χ3v) is 8.59. The predicted molar refractivity (Wildman–Crippen MR) is 200 cm³/mol. The summed E-state index contributed by atoms with van der Waals surface area (Å²) < 4.78 is 19.7. The molecule has 1 heterocycles. The number of nitrogens with zero attached hydrogens (tertiary/aromatic N) is 3. The van der Waals surface area contributed by atoms with E-state index in [4.69, 9.17) is 24.3 Å². The SMILES string of the molecule is C=CCc1cc(C=Nn2c(-c3cc(C(C)C)c(OCC)cc3C)nc3ccccc3c2=O)cc(OC)c1OCc1cccc2ccccc12. The number of hydrogen-bond acceptors (Lipinski definition) is 6. The van der Waals surface area contributed by atoms with Crippen LogP contribution in [0.5, 0.6) is 17.2 Å². The number of methoxy groups -OCH3 is 1. The molecule has 1 aromatic heterocycles. The largest absolute Gasteiger partial charge is 0.494 e. The lowest BCUT2D eigenvalue weighted by atomic mass is 9.96. The van der Waals surface area contributed by atoms with E-state index in [2.05, 4.69) is 50.8 Å². The molecule has 0 saturated carbocycles. The number of hydrogen-bond donors (Lipinski definition) is 0. The van der Waals surface area contributed by atoms with Crippen molar-refractivity contribution in [3.8, 4) is 28.6 Å². The number of para-hydroxylation sites is 1. The van der Waals surface area contributed by atoms with Gasteiger partial charge in [0.2, 0.25) is 0 Å². The molecule has 6 aromatic rings. The molecule has 0 N–H and O–H groups in total. The van der Waals surface area contributed by atoms with E-state index >= 15 is 0 Å². The molecule has 7 heteroatoms. The van der Waals surface area contributed by atoms with Crippen LogP contribution in [-0.4, -0.2) is 29.6 Å². The summed E-state index contributed by atoms with van der Waals surface area (Å²) in [7, 11) is 1.62. The molecule has 7 nitrogen and oxygen atoms in total. The van der Waals surface area contributed by atoms with Gasteiger partial charge in [-0.3, -0.25) is 4.79 Å². The predicted octanol–water partition coefficient (Wildman–Crippen LogP) is 9.25. The normalized spacial score (nSPS) is 11.5. The molecular formula is C42H41N3O4. The highest BCUT2D eigenvalue weighted by atomic mass is 16.5. The molecule has 0 radical (unpaired) electrons. The molecule has 0 saturated heterocycles. The number of allylic oxidation sites excluding steroid dienone is 1. The molecule has 0 aliphatic heterocycles. The summed E-state index contributed by atoms with van der Waals surface area (Å²) in [6.45, 7) is 13.1. The number of rotatable bonds is 12. The van der Waals surface area contributed by atoms with Gasteiger partial charge < -0.3 is 14.2 Å². The van der Waals surface area contributed by atoms with E-state index < -0.39 is 0 Å². The van der Waals surface area contributed by atoms with E-state index in [1.807, 2.05) is 74.5 Å². The second-order valence-corrected chi connectivity index (χ2v) is 12.2. The van der Waals surface area contributed by atoms with Crippen molar-refractivity contribution in [2.24, 2.45) is 5.10 Å². The monoisotopic (exact) mass is 651 g/mol. The zero-order valence-electron chi connectivity index (χ0n) is 28.7. The average molecular weight is 652 g/mol. The summed E-state index contributed by atoms with van der Waals surface area (Å²) in [5.41, 5.74) is 5.85. The Morgan fingerprint density at radius 2 is 1.65 bits per heavy atom. The summed E-state index contributed by atoms with van der Waals surface area (Å²) >= 11 is 0. The third-order valence-electron chi connectivity index (χ3n) is 8.59.